The number of carbonyl (C=O) groups is 2. The number of benzene rings is 1. The SMILES string of the molecule is CC(CN1CCCC1=O)NC(=O)C(C)(N)c1ccc(Br)cc1.Cl. The molecule has 0 spiro atoms. The summed E-state index contributed by atoms with van der Waals surface area (Å²) in [6.45, 7) is 4.88. The van der Waals surface area contributed by atoms with Crippen LogP contribution in [-0.2, 0) is 15.1 Å². The summed E-state index contributed by atoms with van der Waals surface area (Å²) < 4.78 is 0.938. The molecule has 0 radical (unpaired) electrons. The average Bonchev–Trinajstić information content (AvgIpc) is 2.84. The van der Waals surface area contributed by atoms with Crippen molar-refractivity contribution >= 4 is 40.2 Å². The number of nitrogens with one attached hydrogen (secondary N) is 1. The number of amides is 2. The number of carbonyl (C=O) groups excluding carboxylic acids is 2. The lowest BCUT2D eigenvalue weighted by Gasteiger charge is -2.28. The van der Waals surface area contributed by atoms with E-state index in [1.165, 1.54) is 0 Å². The number of nitrogens with zero attached hydrogens (tertiary/aromatic N) is 1. The second kappa shape index (κ2) is 8.13. The zero-order chi connectivity index (χ0) is 16.3. The molecule has 2 atom stereocenters. The van der Waals surface area contributed by atoms with E-state index in [-0.39, 0.29) is 30.3 Å². The van der Waals surface area contributed by atoms with Crippen LogP contribution in [0.25, 0.3) is 0 Å². The maximum atomic E-state index is 12.5. The lowest BCUT2D eigenvalue weighted by molar-refractivity contribution is -0.130. The number of hydrogen-bond acceptors (Lipinski definition) is 3. The van der Waals surface area contributed by atoms with E-state index in [9.17, 15) is 9.59 Å². The Labute approximate surface area is 151 Å². The van der Waals surface area contributed by atoms with Gasteiger partial charge in [-0.25, -0.2) is 0 Å². The molecule has 2 unspecified atom stereocenters. The van der Waals surface area contributed by atoms with Gasteiger partial charge in [0.05, 0.1) is 0 Å². The molecule has 3 N–H and O–H groups in total. The molecule has 2 amide bonds. The molecule has 1 aromatic rings. The van der Waals surface area contributed by atoms with Gasteiger partial charge >= 0.3 is 0 Å². The van der Waals surface area contributed by atoms with Crippen molar-refractivity contribution in [3.05, 3.63) is 34.3 Å². The van der Waals surface area contributed by atoms with E-state index in [0.29, 0.717) is 13.0 Å². The largest absolute Gasteiger partial charge is 0.350 e. The first kappa shape index (κ1) is 19.9. The zero-order valence-corrected chi connectivity index (χ0v) is 15.7. The van der Waals surface area contributed by atoms with Gasteiger partial charge in [0, 0.05) is 30.0 Å². The Hall–Kier alpha value is -1.11. The van der Waals surface area contributed by atoms with Crippen molar-refractivity contribution in [3.63, 3.8) is 0 Å². The molecule has 1 heterocycles. The van der Waals surface area contributed by atoms with Gasteiger partial charge in [-0.2, -0.15) is 0 Å². The third-order valence-corrected chi connectivity index (χ3v) is 4.49. The number of nitrogens with two attached hydrogens (primary N) is 1. The van der Waals surface area contributed by atoms with Crippen LogP contribution in [0, 0.1) is 0 Å². The minimum atomic E-state index is -1.11. The van der Waals surface area contributed by atoms with Gasteiger partial charge in [0.15, 0.2) is 0 Å². The molecule has 1 aromatic carbocycles. The monoisotopic (exact) mass is 403 g/mol. The van der Waals surface area contributed by atoms with E-state index in [2.05, 4.69) is 21.2 Å². The topological polar surface area (TPSA) is 75.4 Å². The van der Waals surface area contributed by atoms with Crippen molar-refractivity contribution in [3.8, 4) is 0 Å². The summed E-state index contributed by atoms with van der Waals surface area (Å²) in [7, 11) is 0. The first-order valence-electron chi connectivity index (χ1n) is 7.44. The Morgan fingerprint density at radius 1 is 1.43 bits per heavy atom. The summed E-state index contributed by atoms with van der Waals surface area (Å²) in [5.41, 5.74) is 5.85. The first-order chi connectivity index (χ1) is 10.3. The van der Waals surface area contributed by atoms with E-state index < -0.39 is 5.54 Å². The van der Waals surface area contributed by atoms with Gasteiger partial charge in [-0.05, 0) is 38.0 Å². The predicted molar refractivity (Wildman–Crippen MR) is 96.3 cm³/mol. The molecule has 2 rings (SSSR count). The van der Waals surface area contributed by atoms with Crippen LogP contribution in [0.2, 0.25) is 0 Å². The number of hydrogen-bond donors (Lipinski definition) is 2. The third-order valence-electron chi connectivity index (χ3n) is 3.96. The summed E-state index contributed by atoms with van der Waals surface area (Å²) >= 11 is 3.37. The molecule has 1 aliphatic heterocycles. The lowest BCUT2D eigenvalue weighted by atomic mass is 9.92. The van der Waals surface area contributed by atoms with Crippen molar-refractivity contribution < 1.29 is 9.59 Å². The van der Waals surface area contributed by atoms with Gasteiger partial charge in [0.1, 0.15) is 5.54 Å². The number of rotatable bonds is 5. The van der Waals surface area contributed by atoms with Gasteiger partial charge in [-0.1, -0.05) is 28.1 Å². The molecular formula is C16H23BrClN3O2. The highest BCUT2D eigenvalue weighted by Gasteiger charge is 2.32. The highest BCUT2D eigenvalue weighted by Crippen LogP contribution is 2.21. The number of likely N-dealkylation sites (tertiary alicyclic amines) is 1. The fraction of sp³-hybridized carbons (Fsp3) is 0.500. The quantitative estimate of drug-likeness (QED) is 0.790. The molecule has 7 heteroatoms. The van der Waals surface area contributed by atoms with Crippen LogP contribution in [0.4, 0.5) is 0 Å². The van der Waals surface area contributed by atoms with Crippen LogP contribution < -0.4 is 11.1 Å². The van der Waals surface area contributed by atoms with E-state index in [4.69, 9.17) is 5.73 Å². The van der Waals surface area contributed by atoms with Crippen LogP contribution in [0.3, 0.4) is 0 Å². The Balaban J connectivity index is 0.00000264. The van der Waals surface area contributed by atoms with Crippen LogP contribution in [0.15, 0.2) is 28.7 Å². The standard InChI is InChI=1S/C16H22BrN3O2.ClH/c1-11(10-20-9-3-4-14(20)21)19-15(22)16(2,18)12-5-7-13(17)8-6-12;/h5-8,11H,3-4,9-10,18H2,1-2H3,(H,19,22);1H. The van der Waals surface area contributed by atoms with Crippen LogP contribution >= 0.6 is 28.3 Å². The van der Waals surface area contributed by atoms with E-state index in [0.717, 1.165) is 23.0 Å². The molecular weight excluding hydrogens is 382 g/mol. The Morgan fingerprint density at radius 2 is 2.04 bits per heavy atom. The fourth-order valence-corrected chi connectivity index (χ4v) is 2.84. The molecule has 23 heavy (non-hydrogen) atoms. The predicted octanol–water partition coefficient (Wildman–Crippen LogP) is 2.17. The van der Waals surface area contributed by atoms with Gasteiger partial charge < -0.3 is 16.0 Å². The zero-order valence-electron chi connectivity index (χ0n) is 13.3. The molecule has 0 bridgehead atoms. The molecule has 1 aliphatic rings. The van der Waals surface area contributed by atoms with Gasteiger partial charge in [-0.15, -0.1) is 12.4 Å². The maximum Gasteiger partial charge on any atom is 0.244 e. The first-order valence-corrected chi connectivity index (χ1v) is 8.23. The van der Waals surface area contributed by atoms with Gasteiger partial charge in [0.25, 0.3) is 0 Å². The summed E-state index contributed by atoms with van der Waals surface area (Å²) in [6.07, 6.45) is 1.50. The molecule has 128 valence electrons. The van der Waals surface area contributed by atoms with Crippen molar-refractivity contribution in [2.24, 2.45) is 5.73 Å². The minimum absolute atomic E-state index is 0. The van der Waals surface area contributed by atoms with Crippen molar-refractivity contribution in [2.45, 2.75) is 38.3 Å². The second-order valence-electron chi connectivity index (χ2n) is 6.03. The summed E-state index contributed by atoms with van der Waals surface area (Å²) in [5, 5.41) is 2.91. The maximum absolute atomic E-state index is 12.5. The van der Waals surface area contributed by atoms with Crippen LogP contribution in [-0.4, -0.2) is 35.8 Å². The van der Waals surface area contributed by atoms with Gasteiger partial charge in [0.2, 0.25) is 11.8 Å². The van der Waals surface area contributed by atoms with E-state index in [1.807, 2.05) is 31.2 Å². The summed E-state index contributed by atoms with van der Waals surface area (Å²) in [6, 6.07) is 7.25. The minimum Gasteiger partial charge on any atom is -0.350 e. The highest BCUT2D eigenvalue weighted by atomic mass is 79.9. The second-order valence-corrected chi connectivity index (χ2v) is 6.94. The lowest BCUT2D eigenvalue weighted by Crippen LogP contribution is -2.53. The molecule has 0 saturated carbocycles. The van der Waals surface area contributed by atoms with Crippen molar-refractivity contribution in [2.75, 3.05) is 13.1 Å². The third kappa shape index (κ3) is 4.93. The smallest absolute Gasteiger partial charge is 0.244 e. The normalized spacial score (nSPS) is 18.1. The highest BCUT2D eigenvalue weighted by molar-refractivity contribution is 9.10. The molecule has 0 aliphatic carbocycles. The summed E-state index contributed by atoms with van der Waals surface area (Å²) in [4.78, 5) is 25.9. The fourth-order valence-electron chi connectivity index (χ4n) is 2.57. The Morgan fingerprint density at radius 3 is 2.57 bits per heavy atom. The summed E-state index contributed by atoms with van der Waals surface area (Å²) in [5.74, 6) is -0.0847. The van der Waals surface area contributed by atoms with E-state index in [1.54, 1.807) is 11.8 Å². The van der Waals surface area contributed by atoms with Crippen LogP contribution in [0.1, 0.15) is 32.3 Å². The van der Waals surface area contributed by atoms with Crippen molar-refractivity contribution in [1.82, 2.24) is 10.2 Å². The van der Waals surface area contributed by atoms with E-state index >= 15 is 0 Å². The molecule has 0 aromatic heterocycles. The van der Waals surface area contributed by atoms with Crippen molar-refractivity contribution in [1.29, 1.82) is 0 Å². The molecule has 5 nitrogen and oxygen atoms in total. The molecule has 1 saturated heterocycles. The van der Waals surface area contributed by atoms with Crippen LogP contribution in [0.5, 0.6) is 0 Å². The Kier molecular flexibility index (Phi) is 7.04. The number of halogens is 2. The average molecular weight is 405 g/mol. The Bertz CT molecular complexity index is 563. The molecule has 1 fully saturated rings. The van der Waals surface area contributed by atoms with Gasteiger partial charge in [-0.3, -0.25) is 9.59 Å².